The Labute approximate surface area is 104 Å². The van der Waals surface area contributed by atoms with Crippen LogP contribution in [0.1, 0.15) is 51.9 Å². The Hall–Kier alpha value is -0.570. The number of carboxylic acid groups (broad SMARTS) is 1. The lowest BCUT2D eigenvalue weighted by Gasteiger charge is -2.41. The molecule has 1 saturated heterocycles. The van der Waals surface area contributed by atoms with Crippen LogP contribution in [0.3, 0.4) is 0 Å². The average Bonchev–Trinajstić information content (AvgIpc) is 2.28. The minimum absolute atomic E-state index is 0.360. The minimum atomic E-state index is -0.631. The molecule has 2 rings (SSSR count). The van der Waals surface area contributed by atoms with Crippen LogP contribution in [0.2, 0.25) is 0 Å². The van der Waals surface area contributed by atoms with Crippen LogP contribution in [0.25, 0.3) is 0 Å². The first-order valence-electron chi connectivity index (χ1n) is 7.11. The summed E-state index contributed by atoms with van der Waals surface area (Å²) in [5.41, 5.74) is 0. The zero-order chi connectivity index (χ0) is 12.3. The van der Waals surface area contributed by atoms with Crippen LogP contribution < -0.4 is 0 Å². The van der Waals surface area contributed by atoms with Gasteiger partial charge in [0, 0.05) is 19.0 Å². The molecule has 3 unspecified atom stereocenters. The second-order valence-electron chi connectivity index (χ2n) is 6.03. The van der Waals surface area contributed by atoms with Crippen LogP contribution in [-0.4, -0.2) is 35.1 Å². The molecule has 98 valence electrons. The normalized spacial score (nSPS) is 35.7. The Balaban J connectivity index is 1.85. The van der Waals surface area contributed by atoms with Crippen LogP contribution in [0, 0.1) is 11.8 Å². The van der Waals surface area contributed by atoms with Gasteiger partial charge in [-0.1, -0.05) is 19.8 Å². The number of aliphatic carboxylic acids is 1. The Morgan fingerprint density at radius 3 is 2.82 bits per heavy atom. The zero-order valence-corrected chi connectivity index (χ0v) is 10.9. The Morgan fingerprint density at radius 2 is 2.12 bits per heavy atom. The van der Waals surface area contributed by atoms with Gasteiger partial charge < -0.3 is 10.0 Å². The minimum Gasteiger partial charge on any atom is -0.481 e. The first kappa shape index (κ1) is 12.9. The van der Waals surface area contributed by atoms with E-state index in [2.05, 4.69) is 11.8 Å². The Bertz CT molecular complexity index is 267. The molecule has 1 aliphatic heterocycles. The highest BCUT2D eigenvalue weighted by Crippen LogP contribution is 2.30. The van der Waals surface area contributed by atoms with Gasteiger partial charge in [-0.15, -0.1) is 0 Å². The average molecular weight is 239 g/mol. The highest BCUT2D eigenvalue weighted by molar-refractivity contribution is 5.67. The Kier molecular flexibility index (Phi) is 4.43. The molecular weight excluding hydrogens is 214 g/mol. The van der Waals surface area contributed by atoms with Crippen molar-refractivity contribution in [2.45, 2.75) is 57.9 Å². The van der Waals surface area contributed by atoms with Crippen molar-refractivity contribution in [2.75, 3.05) is 13.1 Å². The number of carboxylic acids is 1. The summed E-state index contributed by atoms with van der Waals surface area (Å²) in [6.07, 6.45) is 8.02. The molecule has 0 bridgehead atoms. The molecule has 2 fully saturated rings. The van der Waals surface area contributed by atoms with E-state index in [0.717, 1.165) is 24.9 Å². The van der Waals surface area contributed by atoms with E-state index < -0.39 is 5.97 Å². The molecule has 0 radical (unpaired) electrons. The van der Waals surface area contributed by atoms with Gasteiger partial charge in [-0.3, -0.25) is 4.79 Å². The maximum absolute atomic E-state index is 10.8. The third kappa shape index (κ3) is 3.70. The van der Waals surface area contributed by atoms with E-state index in [0.29, 0.717) is 12.3 Å². The summed E-state index contributed by atoms with van der Waals surface area (Å²) in [6.45, 7) is 4.56. The molecule has 0 amide bonds. The van der Waals surface area contributed by atoms with E-state index in [1.807, 2.05) is 0 Å². The van der Waals surface area contributed by atoms with Crippen molar-refractivity contribution < 1.29 is 9.90 Å². The maximum Gasteiger partial charge on any atom is 0.303 e. The summed E-state index contributed by atoms with van der Waals surface area (Å²) in [5, 5.41) is 8.89. The third-order valence-corrected chi connectivity index (χ3v) is 4.44. The molecule has 1 aliphatic carbocycles. The van der Waals surface area contributed by atoms with Gasteiger partial charge in [0.05, 0.1) is 0 Å². The fraction of sp³-hybridized carbons (Fsp3) is 0.929. The first-order valence-corrected chi connectivity index (χ1v) is 7.11. The molecule has 3 nitrogen and oxygen atoms in total. The van der Waals surface area contributed by atoms with Gasteiger partial charge in [0.1, 0.15) is 0 Å². The second kappa shape index (κ2) is 5.85. The molecular formula is C14H25NO2. The lowest BCUT2D eigenvalue weighted by molar-refractivity contribution is -0.138. The van der Waals surface area contributed by atoms with Crippen LogP contribution in [0.4, 0.5) is 0 Å². The lowest BCUT2D eigenvalue weighted by Crippen LogP contribution is -2.44. The van der Waals surface area contributed by atoms with Gasteiger partial charge in [0.2, 0.25) is 0 Å². The number of likely N-dealkylation sites (tertiary alicyclic amines) is 1. The van der Waals surface area contributed by atoms with E-state index >= 15 is 0 Å². The van der Waals surface area contributed by atoms with Crippen LogP contribution in [-0.2, 0) is 4.79 Å². The molecule has 1 saturated carbocycles. The molecule has 0 spiro atoms. The van der Waals surface area contributed by atoms with Crippen molar-refractivity contribution in [1.82, 2.24) is 4.90 Å². The number of rotatable bonds is 3. The van der Waals surface area contributed by atoms with Crippen molar-refractivity contribution in [3.8, 4) is 0 Å². The molecule has 1 N–H and O–H groups in total. The third-order valence-electron chi connectivity index (χ3n) is 4.44. The second-order valence-corrected chi connectivity index (χ2v) is 6.03. The molecule has 0 aromatic heterocycles. The number of nitrogens with zero attached hydrogens (tertiary/aromatic N) is 1. The van der Waals surface area contributed by atoms with Gasteiger partial charge in [0.15, 0.2) is 0 Å². The van der Waals surface area contributed by atoms with Gasteiger partial charge >= 0.3 is 5.97 Å². The predicted molar refractivity (Wildman–Crippen MR) is 68.0 cm³/mol. The van der Waals surface area contributed by atoms with Crippen molar-refractivity contribution in [3.63, 3.8) is 0 Å². The lowest BCUT2D eigenvalue weighted by atomic mass is 9.84. The zero-order valence-electron chi connectivity index (χ0n) is 10.9. The Morgan fingerprint density at radius 1 is 1.29 bits per heavy atom. The summed E-state index contributed by atoms with van der Waals surface area (Å²) < 4.78 is 0. The molecule has 3 atom stereocenters. The highest BCUT2D eigenvalue weighted by atomic mass is 16.4. The van der Waals surface area contributed by atoms with E-state index in [1.165, 1.54) is 38.6 Å². The van der Waals surface area contributed by atoms with Gasteiger partial charge in [0.25, 0.3) is 0 Å². The van der Waals surface area contributed by atoms with Crippen molar-refractivity contribution in [3.05, 3.63) is 0 Å². The summed E-state index contributed by atoms with van der Waals surface area (Å²) in [5.74, 6) is 0.612. The standard InChI is InChI=1S/C14H25NO2/c1-11-4-2-6-13(8-11)15-7-3-5-12(10-15)9-14(16)17/h11-13H,2-10H2,1H3,(H,16,17). The number of hydrogen-bond donors (Lipinski definition) is 1. The van der Waals surface area contributed by atoms with Gasteiger partial charge in [-0.2, -0.15) is 0 Å². The quantitative estimate of drug-likeness (QED) is 0.823. The summed E-state index contributed by atoms with van der Waals surface area (Å²) in [7, 11) is 0. The monoisotopic (exact) mass is 239 g/mol. The summed E-state index contributed by atoms with van der Waals surface area (Å²) >= 11 is 0. The summed E-state index contributed by atoms with van der Waals surface area (Å²) in [6, 6.07) is 0.732. The van der Waals surface area contributed by atoms with E-state index in [-0.39, 0.29) is 0 Å². The van der Waals surface area contributed by atoms with Gasteiger partial charge in [-0.25, -0.2) is 0 Å². The number of piperidine rings is 1. The molecule has 1 heterocycles. The molecule has 17 heavy (non-hydrogen) atoms. The molecule has 3 heteroatoms. The molecule has 0 aromatic carbocycles. The molecule has 2 aliphatic rings. The SMILES string of the molecule is CC1CCCC(N2CCCC(CC(=O)O)C2)C1. The van der Waals surface area contributed by atoms with Crippen molar-refractivity contribution in [1.29, 1.82) is 0 Å². The smallest absolute Gasteiger partial charge is 0.303 e. The summed E-state index contributed by atoms with van der Waals surface area (Å²) in [4.78, 5) is 13.4. The van der Waals surface area contributed by atoms with E-state index in [9.17, 15) is 4.79 Å². The van der Waals surface area contributed by atoms with E-state index in [1.54, 1.807) is 0 Å². The maximum atomic E-state index is 10.8. The van der Waals surface area contributed by atoms with Gasteiger partial charge in [-0.05, 0) is 44.1 Å². The number of hydrogen-bond acceptors (Lipinski definition) is 2. The first-order chi connectivity index (χ1) is 8.15. The van der Waals surface area contributed by atoms with Crippen LogP contribution >= 0.6 is 0 Å². The number of carbonyl (C=O) groups is 1. The highest BCUT2D eigenvalue weighted by Gasteiger charge is 2.29. The largest absolute Gasteiger partial charge is 0.481 e. The van der Waals surface area contributed by atoms with Crippen molar-refractivity contribution >= 4 is 5.97 Å². The topological polar surface area (TPSA) is 40.5 Å². The van der Waals surface area contributed by atoms with Crippen molar-refractivity contribution in [2.24, 2.45) is 11.8 Å². The molecule has 0 aromatic rings. The van der Waals surface area contributed by atoms with Crippen LogP contribution in [0.5, 0.6) is 0 Å². The fourth-order valence-corrected chi connectivity index (χ4v) is 3.58. The predicted octanol–water partition coefficient (Wildman–Crippen LogP) is 2.75. The fourth-order valence-electron chi connectivity index (χ4n) is 3.58. The van der Waals surface area contributed by atoms with E-state index in [4.69, 9.17) is 5.11 Å². The van der Waals surface area contributed by atoms with Crippen LogP contribution in [0.15, 0.2) is 0 Å².